The first-order chi connectivity index (χ1) is 14.0. The molecule has 8 nitrogen and oxygen atoms in total. The highest BCUT2D eigenvalue weighted by Crippen LogP contribution is 2.24. The van der Waals surface area contributed by atoms with Gasteiger partial charge >= 0.3 is 11.6 Å². The molecule has 0 unspecified atom stereocenters. The highest BCUT2D eigenvalue weighted by molar-refractivity contribution is 6.02. The van der Waals surface area contributed by atoms with E-state index in [1.807, 2.05) is 19.1 Å². The summed E-state index contributed by atoms with van der Waals surface area (Å²) in [6.45, 7) is 4.98. The van der Waals surface area contributed by atoms with Gasteiger partial charge in [-0.1, -0.05) is 11.6 Å². The molecule has 152 valence electrons. The van der Waals surface area contributed by atoms with Crippen molar-refractivity contribution in [1.82, 2.24) is 14.7 Å². The first-order valence-corrected chi connectivity index (χ1v) is 9.81. The van der Waals surface area contributed by atoms with Gasteiger partial charge in [-0.25, -0.2) is 4.79 Å². The van der Waals surface area contributed by atoms with E-state index >= 15 is 0 Å². The average Bonchev–Trinajstić information content (AvgIpc) is 3.13. The number of likely N-dealkylation sites (tertiary alicyclic amines) is 1. The van der Waals surface area contributed by atoms with Crippen LogP contribution in [0.3, 0.4) is 0 Å². The maximum Gasteiger partial charge on any atom is 0.347 e. The molecule has 0 N–H and O–H groups in total. The third kappa shape index (κ3) is 3.62. The normalized spacial score (nSPS) is 17.0. The van der Waals surface area contributed by atoms with Crippen LogP contribution >= 0.6 is 0 Å². The first-order valence-electron chi connectivity index (χ1n) is 9.81. The van der Waals surface area contributed by atoms with Gasteiger partial charge in [0.2, 0.25) is 5.91 Å². The van der Waals surface area contributed by atoms with Crippen molar-refractivity contribution in [3.8, 4) is 0 Å². The fraction of sp³-hybridized carbons (Fsp3) is 0.429. The molecule has 29 heavy (non-hydrogen) atoms. The Labute approximate surface area is 167 Å². The van der Waals surface area contributed by atoms with Crippen molar-refractivity contribution in [3.63, 3.8) is 0 Å². The summed E-state index contributed by atoms with van der Waals surface area (Å²) >= 11 is 0. The van der Waals surface area contributed by atoms with Crippen LogP contribution in [0.15, 0.2) is 33.6 Å². The van der Waals surface area contributed by atoms with Gasteiger partial charge in [-0.15, -0.1) is 0 Å². The van der Waals surface area contributed by atoms with Crippen LogP contribution in [0.1, 0.15) is 25.3 Å². The lowest BCUT2D eigenvalue weighted by molar-refractivity contribution is -0.151. The predicted octanol–water partition coefficient (Wildman–Crippen LogP) is 2.25. The summed E-state index contributed by atoms with van der Waals surface area (Å²) in [5.74, 6) is -0.691. The molecule has 1 aliphatic rings. The van der Waals surface area contributed by atoms with Crippen LogP contribution < -0.4 is 5.63 Å². The van der Waals surface area contributed by atoms with Crippen LogP contribution in [0.2, 0.25) is 0 Å². The van der Waals surface area contributed by atoms with Crippen LogP contribution in [-0.4, -0.2) is 46.3 Å². The van der Waals surface area contributed by atoms with Crippen molar-refractivity contribution < 1.29 is 18.7 Å². The summed E-state index contributed by atoms with van der Waals surface area (Å²) in [5, 5.41) is 5.36. The molecule has 0 bridgehead atoms. The van der Waals surface area contributed by atoms with Crippen molar-refractivity contribution in [2.45, 2.75) is 33.2 Å². The Morgan fingerprint density at radius 2 is 2.14 bits per heavy atom. The van der Waals surface area contributed by atoms with Crippen molar-refractivity contribution >= 4 is 33.7 Å². The summed E-state index contributed by atoms with van der Waals surface area (Å²) in [7, 11) is 0. The Balaban J connectivity index is 1.63. The third-order valence-electron chi connectivity index (χ3n) is 5.33. The second kappa shape index (κ2) is 7.69. The lowest BCUT2D eigenvalue weighted by Gasteiger charge is -2.31. The Morgan fingerprint density at radius 3 is 2.93 bits per heavy atom. The minimum Gasteiger partial charge on any atom is -0.466 e. The number of ether oxygens (including phenoxy) is 1. The molecule has 1 aromatic carbocycles. The highest BCUT2D eigenvalue weighted by Gasteiger charge is 2.29. The van der Waals surface area contributed by atoms with Crippen LogP contribution in [-0.2, 0) is 20.9 Å². The van der Waals surface area contributed by atoms with E-state index in [0.717, 1.165) is 23.8 Å². The zero-order valence-corrected chi connectivity index (χ0v) is 16.5. The molecule has 8 heteroatoms. The van der Waals surface area contributed by atoms with Gasteiger partial charge in [-0.3, -0.25) is 14.3 Å². The van der Waals surface area contributed by atoms with Crippen LogP contribution in [0.5, 0.6) is 0 Å². The number of piperidine rings is 1. The van der Waals surface area contributed by atoms with E-state index in [1.54, 1.807) is 22.6 Å². The molecule has 0 aliphatic carbocycles. The molecule has 0 radical (unpaired) electrons. The van der Waals surface area contributed by atoms with Gasteiger partial charge in [-0.05, 0) is 38.8 Å². The molecule has 3 heterocycles. The summed E-state index contributed by atoms with van der Waals surface area (Å²) in [6, 6.07) is 5.53. The predicted molar refractivity (Wildman–Crippen MR) is 106 cm³/mol. The van der Waals surface area contributed by atoms with E-state index in [0.29, 0.717) is 36.2 Å². The lowest BCUT2D eigenvalue weighted by atomic mass is 9.98. The van der Waals surface area contributed by atoms with Gasteiger partial charge in [0.05, 0.1) is 24.2 Å². The third-order valence-corrected chi connectivity index (χ3v) is 5.33. The van der Waals surface area contributed by atoms with E-state index in [-0.39, 0.29) is 24.3 Å². The number of hydrogen-bond donors (Lipinski definition) is 0. The second-order valence-corrected chi connectivity index (χ2v) is 7.38. The average molecular weight is 397 g/mol. The Morgan fingerprint density at radius 1 is 1.31 bits per heavy atom. The topological polar surface area (TPSA) is 94.6 Å². The molecule has 1 aliphatic heterocycles. The number of carbonyl (C=O) groups is 2. The van der Waals surface area contributed by atoms with E-state index < -0.39 is 5.63 Å². The number of amides is 1. The number of esters is 1. The second-order valence-electron chi connectivity index (χ2n) is 7.38. The molecule has 4 rings (SSSR count). The van der Waals surface area contributed by atoms with Gasteiger partial charge in [0.1, 0.15) is 17.5 Å². The number of hydrogen-bond acceptors (Lipinski definition) is 6. The van der Waals surface area contributed by atoms with Gasteiger partial charge < -0.3 is 14.1 Å². The van der Waals surface area contributed by atoms with Crippen LogP contribution in [0.25, 0.3) is 21.9 Å². The number of rotatable bonds is 4. The number of benzene rings is 1. The Hall–Kier alpha value is -3.16. The molecule has 0 saturated carbocycles. The van der Waals surface area contributed by atoms with Crippen molar-refractivity contribution in [2.75, 3.05) is 19.7 Å². The SMILES string of the molecule is CCOC(=O)[C@@H]1CCCN(C(=O)Cn2ncc3c(=O)oc4ccc(C)cc4c32)C1. The van der Waals surface area contributed by atoms with Gasteiger partial charge in [-0.2, -0.15) is 5.10 Å². The molecule has 1 amide bonds. The zero-order chi connectivity index (χ0) is 20.5. The van der Waals surface area contributed by atoms with E-state index in [4.69, 9.17) is 9.15 Å². The quantitative estimate of drug-likeness (QED) is 0.495. The largest absolute Gasteiger partial charge is 0.466 e. The van der Waals surface area contributed by atoms with Crippen molar-refractivity contribution in [3.05, 3.63) is 40.4 Å². The molecule has 1 saturated heterocycles. The summed E-state index contributed by atoms with van der Waals surface area (Å²) < 4.78 is 12.0. The van der Waals surface area contributed by atoms with Gasteiger partial charge in [0.25, 0.3) is 0 Å². The van der Waals surface area contributed by atoms with E-state index in [2.05, 4.69) is 5.10 Å². The zero-order valence-electron chi connectivity index (χ0n) is 16.5. The molecule has 3 aromatic rings. The summed E-state index contributed by atoms with van der Waals surface area (Å²) in [5.41, 5.74) is 1.59. The smallest absolute Gasteiger partial charge is 0.347 e. The fourth-order valence-electron chi connectivity index (χ4n) is 3.90. The minimum absolute atomic E-state index is 0.00839. The standard InChI is InChI=1S/C21H23N3O5/c1-3-28-20(26)14-5-4-8-23(11-14)18(25)12-24-19-15-9-13(2)6-7-17(15)29-21(27)16(19)10-22-24/h6-7,9-10,14H,3-5,8,11-12H2,1-2H3/t14-/m1/s1. The molecule has 1 fully saturated rings. The van der Waals surface area contributed by atoms with Gasteiger partial charge in [0.15, 0.2) is 0 Å². The molecular formula is C21H23N3O5. The number of carbonyl (C=O) groups excluding carboxylic acids is 2. The minimum atomic E-state index is -0.476. The van der Waals surface area contributed by atoms with Crippen LogP contribution in [0.4, 0.5) is 0 Å². The Kier molecular flexibility index (Phi) is 5.08. The molecular weight excluding hydrogens is 374 g/mol. The molecule has 1 atom stereocenters. The van der Waals surface area contributed by atoms with E-state index in [1.165, 1.54) is 6.20 Å². The van der Waals surface area contributed by atoms with Gasteiger partial charge in [0, 0.05) is 18.5 Å². The summed E-state index contributed by atoms with van der Waals surface area (Å²) in [6.07, 6.45) is 2.91. The summed E-state index contributed by atoms with van der Waals surface area (Å²) in [4.78, 5) is 39.0. The highest BCUT2D eigenvalue weighted by atomic mass is 16.5. The van der Waals surface area contributed by atoms with Crippen molar-refractivity contribution in [1.29, 1.82) is 0 Å². The van der Waals surface area contributed by atoms with Crippen LogP contribution in [0, 0.1) is 12.8 Å². The fourth-order valence-corrected chi connectivity index (χ4v) is 3.90. The lowest BCUT2D eigenvalue weighted by Crippen LogP contribution is -2.44. The maximum atomic E-state index is 12.9. The molecule has 2 aromatic heterocycles. The number of aromatic nitrogens is 2. The number of aryl methyl sites for hydroxylation is 1. The van der Waals surface area contributed by atoms with E-state index in [9.17, 15) is 14.4 Å². The Bertz CT molecular complexity index is 1150. The number of nitrogens with zero attached hydrogens (tertiary/aromatic N) is 3. The molecule has 0 spiro atoms. The first kappa shape index (κ1) is 19.2. The van der Waals surface area contributed by atoms with Crippen molar-refractivity contribution in [2.24, 2.45) is 5.92 Å². The maximum absolute atomic E-state index is 12.9. The number of fused-ring (bicyclic) bond motifs is 3. The monoisotopic (exact) mass is 397 g/mol.